The minimum atomic E-state index is -0.966. The van der Waals surface area contributed by atoms with Crippen molar-refractivity contribution in [2.45, 2.75) is 52.1 Å². The Morgan fingerprint density at radius 3 is 2.65 bits per heavy atom. The third-order valence-electron chi connectivity index (χ3n) is 2.81. The quantitative estimate of drug-likeness (QED) is 0.785. The van der Waals surface area contributed by atoms with E-state index in [0.29, 0.717) is 18.1 Å². The molecule has 17 heavy (non-hydrogen) atoms. The van der Waals surface area contributed by atoms with Crippen LogP contribution < -0.4 is 5.32 Å². The van der Waals surface area contributed by atoms with Crippen molar-refractivity contribution in [3.05, 3.63) is 11.7 Å². The molecule has 0 aliphatic carbocycles. The van der Waals surface area contributed by atoms with Crippen LogP contribution in [-0.4, -0.2) is 26.8 Å². The molecule has 0 radical (unpaired) electrons. The van der Waals surface area contributed by atoms with E-state index in [2.05, 4.69) is 15.5 Å². The van der Waals surface area contributed by atoms with E-state index in [1.54, 1.807) is 6.92 Å². The van der Waals surface area contributed by atoms with Crippen LogP contribution >= 0.6 is 0 Å². The van der Waals surface area contributed by atoms with Gasteiger partial charge >= 0.3 is 5.97 Å². The van der Waals surface area contributed by atoms with Gasteiger partial charge < -0.3 is 9.63 Å². The molecule has 0 fully saturated rings. The van der Waals surface area contributed by atoms with Gasteiger partial charge in [0.2, 0.25) is 5.89 Å². The van der Waals surface area contributed by atoms with Gasteiger partial charge in [0.15, 0.2) is 5.82 Å². The molecule has 0 saturated carbocycles. The summed E-state index contributed by atoms with van der Waals surface area (Å²) in [5.74, 6) is 0.359. The molecule has 0 aliphatic rings. The molecule has 1 atom stereocenters. The maximum atomic E-state index is 11.1. The molecule has 0 spiro atoms. The first-order chi connectivity index (χ1) is 7.89. The first-order valence-electron chi connectivity index (χ1n) is 5.70. The second-order valence-corrected chi connectivity index (χ2v) is 4.55. The predicted molar refractivity (Wildman–Crippen MR) is 61.6 cm³/mol. The molecule has 0 bridgehead atoms. The summed E-state index contributed by atoms with van der Waals surface area (Å²) in [5, 5.41) is 15.8. The molecule has 1 unspecified atom stereocenters. The molecule has 6 nitrogen and oxygen atoms in total. The first kappa shape index (κ1) is 13.6. The molecule has 0 saturated heterocycles. The summed E-state index contributed by atoms with van der Waals surface area (Å²) in [7, 11) is 0. The van der Waals surface area contributed by atoms with Gasteiger partial charge in [-0.05, 0) is 13.3 Å². The minimum Gasteiger partial charge on any atom is -0.480 e. The van der Waals surface area contributed by atoms with Crippen molar-refractivity contribution >= 4 is 5.97 Å². The van der Waals surface area contributed by atoms with E-state index in [4.69, 9.17) is 9.63 Å². The molecular formula is C11H19N3O3. The Hall–Kier alpha value is -1.43. The molecule has 0 aliphatic heterocycles. The number of carbonyl (C=O) groups is 1. The monoisotopic (exact) mass is 241 g/mol. The molecule has 1 heterocycles. The van der Waals surface area contributed by atoms with Crippen LogP contribution in [0.15, 0.2) is 4.52 Å². The molecule has 1 aromatic rings. The number of nitrogens with zero attached hydrogens (tertiary/aromatic N) is 2. The molecule has 2 N–H and O–H groups in total. The highest BCUT2D eigenvalue weighted by Gasteiger charge is 2.30. The molecule has 1 aromatic heterocycles. The standard InChI is InChI=1S/C11H19N3O3/c1-5-11(4,10(15)16)12-6-8-13-9(7(2)3)14-17-8/h7,12H,5-6H2,1-4H3,(H,15,16). The van der Waals surface area contributed by atoms with E-state index in [1.807, 2.05) is 20.8 Å². The largest absolute Gasteiger partial charge is 0.480 e. The van der Waals surface area contributed by atoms with Gasteiger partial charge in [-0.15, -0.1) is 0 Å². The zero-order valence-electron chi connectivity index (χ0n) is 10.6. The fraction of sp³-hybridized carbons (Fsp3) is 0.727. The Kier molecular flexibility index (Phi) is 4.22. The van der Waals surface area contributed by atoms with Crippen LogP contribution in [0.3, 0.4) is 0 Å². The van der Waals surface area contributed by atoms with Crippen LogP contribution in [-0.2, 0) is 11.3 Å². The van der Waals surface area contributed by atoms with Crippen molar-refractivity contribution in [1.82, 2.24) is 15.5 Å². The average molecular weight is 241 g/mol. The Balaban J connectivity index is 2.63. The Labute approximate surface area is 100 Å². The number of nitrogens with one attached hydrogen (secondary N) is 1. The second-order valence-electron chi connectivity index (χ2n) is 4.55. The zero-order chi connectivity index (χ0) is 13.1. The van der Waals surface area contributed by atoms with Crippen LogP contribution in [0.5, 0.6) is 0 Å². The Morgan fingerprint density at radius 1 is 1.59 bits per heavy atom. The SMILES string of the molecule is CCC(C)(NCc1nc(C(C)C)no1)C(=O)O. The Bertz CT molecular complexity index is 389. The van der Waals surface area contributed by atoms with Gasteiger partial charge in [0.25, 0.3) is 0 Å². The van der Waals surface area contributed by atoms with E-state index >= 15 is 0 Å². The summed E-state index contributed by atoms with van der Waals surface area (Å²) in [6, 6.07) is 0. The van der Waals surface area contributed by atoms with Gasteiger partial charge in [-0.3, -0.25) is 10.1 Å². The lowest BCUT2D eigenvalue weighted by Crippen LogP contribution is -2.48. The van der Waals surface area contributed by atoms with Crippen molar-refractivity contribution in [3.63, 3.8) is 0 Å². The topological polar surface area (TPSA) is 88.3 Å². The van der Waals surface area contributed by atoms with E-state index in [9.17, 15) is 4.79 Å². The van der Waals surface area contributed by atoms with Gasteiger partial charge in [-0.2, -0.15) is 4.98 Å². The van der Waals surface area contributed by atoms with Crippen LogP contribution in [0.4, 0.5) is 0 Å². The molecule has 0 amide bonds. The normalized spacial score (nSPS) is 14.9. The van der Waals surface area contributed by atoms with Crippen LogP contribution in [0, 0.1) is 0 Å². The van der Waals surface area contributed by atoms with E-state index in [1.165, 1.54) is 0 Å². The Morgan fingerprint density at radius 2 is 2.24 bits per heavy atom. The van der Waals surface area contributed by atoms with E-state index in [-0.39, 0.29) is 12.5 Å². The van der Waals surface area contributed by atoms with Crippen molar-refractivity contribution in [2.75, 3.05) is 0 Å². The third kappa shape index (κ3) is 3.26. The lowest BCUT2D eigenvalue weighted by Gasteiger charge is -2.23. The van der Waals surface area contributed by atoms with Gasteiger partial charge in [0.1, 0.15) is 5.54 Å². The summed E-state index contributed by atoms with van der Waals surface area (Å²) in [6.07, 6.45) is 0.480. The average Bonchev–Trinajstić information content (AvgIpc) is 2.74. The number of aromatic nitrogens is 2. The van der Waals surface area contributed by atoms with E-state index < -0.39 is 11.5 Å². The summed E-state index contributed by atoms with van der Waals surface area (Å²) in [5.41, 5.74) is -0.966. The highest BCUT2D eigenvalue weighted by atomic mass is 16.5. The highest BCUT2D eigenvalue weighted by molar-refractivity contribution is 5.78. The highest BCUT2D eigenvalue weighted by Crippen LogP contribution is 2.12. The summed E-state index contributed by atoms with van der Waals surface area (Å²) in [4.78, 5) is 15.2. The minimum absolute atomic E-state index is 0.199. The first-order valence-corrected chi connectivity index (χ1v) is 5.70. The smallest absolute Gasteiger partial charge is 0.323 e. The number of carboxylic acids is 1. The third-order valence-corrected chi connectivity index (χ3v) is 2.81. The molecular weight excluding hydrogens is 222 g/mol. The van der Waals surface area contributed by atoms with Gasteiger partial charge in [-0.25, -0.2) is 0 Å². The fourth-order valence-electron chi connectivity index (χ4n) is 1.20. The van der Waals surface area contributed by atoms with Gasteiger partial charge in [0, 0.05) is 5.92 Å². The van der Waals surface area contributed by atoms with Crippen LogP contribution in [0.2, 0.25) is 0 Å². The lowest BCUT2D eigenvalue weighted by atomic mass is 9.99. The maximum Gasteiger partial charge on any atom is 0.323 e. The number of carboxylic acid groups (broad SMARTS) is 1. The molecule has 1 rings (SSSR count). The molecule has 0 aromatic carbocycles. The molecule has 96 valence electrons. The number of rotatable bonds is 6. The van der Waals surface area contributed by atoms with Crippen LogP contribution in [0.25, 0.3) is 0 Å². The summed E-state index contributed by atoms with van der Waals surface area (Å²) >= 11 is 0. The van der Waals surface area contributed by atoms with Crippen molar-refractivity contribution in [3.8, 4) is 0 Å². The number of hydrogen-bond donors (Lipinski definition) is 2. The summed E-state index contributed by atoms with van der Waals surface area (Å²) < 4.78 is 5.03. The predicted octanol–water partition coefficient (Wildman–Crippen LogP) is 1.54. The van der Waals surface area contributed by atoms with Crippen molar-refractivity contribution in [2.24, 2.45) is 0 Å². The fourth-order valence-corrected chi connectivity index (χ4v) is 1.20. The van der Waals surface area contributed by atoms with Gasteiger partial charge in [0.05, 0.1) is 6.54 Å². The lowest BCUT2D eigenvalue weighted by molar-refractivity contribution is -0.144. The second kappa shape index (κ2) is 5.27. The maximum absolute atomic E-state index is 11.1. The zero-order valence-corrected chi connectivity index (χ0v) is 10.6. The molecule has 6 heteroatoms. The van der Waals surface area contributed by atoms with Gasteiger partial charge in [-0.1, -0.05) is 25.9 Å². The van der Waals surface area contributed by atoms with Crippen molar-refractivity contribution in [1.29, 1.82) is 0 Å². The van der Waals surface area contributed by atoms with E-state index in [0.717, 1.165) is 0 Å². The number of hydrogen-bond acceptors (Lipinski definition) is 5. The van der Waals surface area contributed by atoms with Crippen molar-refractivity contribution < 1.29 is 14.4 Å². The summed E-state index contributed by atoms with van der Waals surface area (Å²) in [6.45, 7) is 7.64. The number of aliphatic carboxylic acids is 1. The van der Waals surface area contributed by atoms with Crippen LogP contribution in [0.1, 0.15) is 51.7 Å².